The highest BCUT2D eigenvalue weighted by atomic mass is 35.5. The molecule has 2 aromatic carbocycles. The third-order valence-electron chi connectivity index (χ3n) is 4.83. The van der Waals surface area contributed by atoms with Crippen LogP contribution in [0.3, 0.4) is 0 Å². The summed E-state index contributed by atoms with van der Waals surface area (Å²) in [6.45, 7) is 0. The van der Waals surface area contributed by atoms with Crippen LogP contribution in [0.15, 0.2) is 48.5 Å². The Labute approximate surface area is 158 Å². The Hall–Kier alpha value is -1.72. The second-order valence-electron chi connectivity index (χ2n) is 6.72. The number of nitrogens with zero attached hydrogens (tertiary/aromatic N) is 1. The van der Waals surface area contributed by atoms with Crippen molar-refractivity contribution >= 4 is 12.4 Å². The summed E-state index contributed by atoms with van der Waals surface area (Å²) >= 11 is 0. The van der Waals surface area contributed by atoms with Gasteiger partial charge in [-0.2, -0.15) is 13.2 Å². The van der Waals surface area contributed by atoms with Crippen LogP contribution in [0.4, 0.5) is 13.2 Å². The van der Waals surface area contributed by atoms with Gasteiger partial charge in [-0.05, 0) is 62.3 Å². The fourth-order valence-corrected chi connectivity index (χ4v) is 3.36. The molecule has 0 aromatic heterocycles. The molecule has 0 radical (unpaired) electrons. The van der Waals surface area contributed by atoms with Gasteiger partial charge < -0.3 is 9.64 Å². The van der Waals surface area contributed by atoms with Crippen LogP contribution in [0.5, 0.6) is 5.75 Å². The van der Waals surface area contributed by atoms with Gasteiger partial charge in [-0.25, -0.2) is 0 Å². The van der Waals surface area contributed by atoms with E-state index >= 15 is 0 Å². The maximum atomic E-state index is 12.7. The first-order valence-electron chi connectivity index (χ1n) is 8.43. The van der Waals surface area contributed by atoms with Crippen molar-refractivity contribution in [2.75, 3.05) is 14.1 Å². The first-order valence-corrected chi connectivity index (χ1v) is 8.43. The van der Waals surface area contributed by atoms with Crippen molar-refractivity contribution in [3.8, 4) is 5.75 Å². The number of hydrogen-bond donors (Lipinski definition) is 0. The highest BCUT2D eigenvalue weighted by molar-refractivity contribution is 5.85. The number of rotatable bonds is 3. The number of benzene rings is 2. The molecule has 0 saturated carbocycles. The molecule has 1 aliphatic rings. The zero-order chi connectivity index (χ0) is 18.0. The van der Waals surface area contributed by atoms with E-state index < -0.39 is 11.7 Å². The van der Waals surface area contributed by atoms with Gasteiger partial charge in [0.05, 0.1) is 5.56 Å². The lowest BCUT2D eigenvalue weighted by Gasteiger charge is -2.27. The molecule has 0 heterocycles. The van der Waals surface area contributed by atoms with Gasteiger partial charge in [-0.15, -0.1) is 12.4 Å². The van der Waals surface area contributed by atoms with Crippen LogP contribution in [-0.2, 0) is 12.6 Å². The Kier molecular flexibility index (Phi) is 6.58. The van der Waals surface area contributed by atoms with Crippen LogP contribution in [0.2, 0.25) is 0 Å². The van der Waals surface area contributed by atoms with E-state index in [4.69, 9.17) is 4.74 Å². The molecule has 3 rings (SSSR count). The Bertz CT molecular complexity index is 716. The molecule has 1 aliphatic carbocycles. The third kappa shape index (κ3) is 4.71. The van der Waals surface area contributed by atoms with E-state index in [1.54, 1.807) is 0 Å². The highest BCUT2D eigenvalue weighted by Gasteiger charge is 2.31. The third-order valence-corrected chi connectivity index (χ3v) is 4.83. The predicted molar refractivity (Wildman–Crippen MR) is 98.9 cm³/mol. The number of aryl methyl sites for hydroxylation is 1. The summed E-state index contributed by atoms with van der Waals surface area (Å²) in [5, 5.41) is 0. The van der Waals surface area contributed by atoms with E-state index in [2.05, 4.69) is 31.1 Å². The molecule has 0 saturated heterocycles. The lowest BCUT2D eigenvalue weighted by Crippen LogP contribution is -2.30. The summed E-state index contributed by atoms with van der Waals surface area (Å²) in [6, 6.07) is 13.5. The number of halogens is 4. The van der Waals surface area contributed by atoms with Gasteiger partial charge in [0.1, 0.15) is 11.9 Å². The van der Waals surface area contributed by atoms with Crippen LogP contribution in [0, 0.1) is 0 Å². The maximum absolute atomic E-state index is 12.7. The van der Waals surface area contributed by atoms with Gasteiger partial charge in [0, 0.05) is 12.5 Å². The molecule has 0 amide bonds. The van der Waals surface area contributed by atoms with Crippen LogP contribution in [0.1, 0.15) is 35.6 Å². The minimum atomic E-state index is -4.33. The van der Waals surface area contributed by atoms with Gasteiger partial charge in [0.25, 0.3) is 0 Å². The number of alkyl halides is 3. The summed E-state index contributed by atoms with van der Waals surface area (Å²) in [5.74, 6) is 0.465. The molecule has 6 heteroatoms. The smallest absolute Gasteiger partial charge is 0.416 e. The predicted octanol–water partition coefficient (Wildman–Crippen LogP) is 5.51. The van der Waals surface area contributed by atoms with Crippen LogP contribution < -0.4 is 4.74 Å². The zero-order valence-corrected chi connectivity index (χ0v) is 15.6. The zero-order valence-electron chi connectivity index (χ0n) is 14.8. The quantitative estimate of drug-likeness (QED) is 0.645. The highest BCUT2D eigenvalue weighted by Crippen LogP contribution is 2.35. The first kappa shape index (κ1) is 20.6. The van der Waals surface area contributed by atoms with Crippen LogP contribution in [0.25, 0.3) is 0 Å². The average Bonchev–Trinajstić information content (AvgIpc) is 2.75. The molecule has 2 nitrogen and oxygen atoms in total. The number of hydrogen-bond acceptors (Lipinski definition) is 2. The second-order valence-corrected chi connectivity index (χ2v) is 6.72. The molecule has 0 N–H and O–H groups in total. The van der Waals surface area contributed by atoms with Gasteiger partial charge >= 0.3 is 6.18 Å². The Morgan fingerprint density at radius 2 is 1.65 bits per heavy atom. The van der Waals surface area contributed by atoms with Crippen molar-refractivity contribution in [2.24, 2.45) is 0 Å². The molecular formula is C20H23ClF3NO. The maximum Gasteiger partial charge on any atom is 0.416 e. The fraction of sp³-hybridized carbons (Fsp3) is 0.400. The van der Waals surface area contributed by atoms with E-state index in [1.807, 2.05) is 12.1 Å². The first-order chi connectivity index (χ1) is 11.8. The van der Waals surface area contributed by atoms with Crippen molar-refractivity contribution in [1.82, 2.24) is 4.90 Å². The monoisotopic (exact) mass is 385 g/mol. The molecule has 26 heavy (non-hydrogen) atoms. The van der Waals surface area contributed by atoms with Gasteiger partial charge in [-0.3, -0.25) is 0 Å². The summed E-state index contributed by atoms with van der Waals surface area (Å²) < 4.78 is 44.3. The molecule has 0 fully saturated rings. The van der Waals surface area contributed by atoms with Gasteiger partial charge in [0.2, 0.25) is 0 Å². The summed E-state index contributed by atoms with van der Waals surface area (Å²) in [4.78, 5) is 2.19. The van der Waals surface area contributed by atoms with Crippen LogP contribution in [-0.4, -0.2) is 25.0 Å². The molecular weight excluding hydrogens is 363 g/mol. The SMILES string of the molecule is CN(C)C1CCc2ccccc2C(Oc2ccc(C(F)(F)F)cc2)C1.Cl. The summed E-state index contributed by atoms with van der Waals surface area (Å²) in [7, 11) is 4.10. The molecule has 0 bridgehead atoms. The van der Waals surface area contributed by atoms with Gasteiger partial charge in [-0.1, -0.05) is 24.3 Å². The van der Waals surface area contributed by atoms with E-state index in [9.17, 15) is 13.2 Å². The minimum Gasteiger partial charge on any atom is -0.486 e. The Morgan fingerprint density at radius 3 is 2.27 bits per heavy atom. The lowest BCUT2D eigenvalue weighted by atomic mass is 10.0. The largest absolute Gasteiger partial charge is 0.486 e. The van der Waals surface area contributed by atoms with E-state index in [1.165, 1.54) is 17.7 Å². The molecule has 2 unspecified atom stereocenters. The topological polar surface area (TPSA) is 12.5 Å². The van der Waals surface area contributed by atoms with Gasteiger partial charge in [0.15, 0.2) is 0 Å². The van der Waals surface area contributed by atoms with Crippen molar-refractivity contribution < 1.29 is 17.9 Å². The summed E-state index contributed by atoms with van der Waals surface area (Å²) in [5.41, 5.74) is 1.72. The molecule has 0 spiro atoms. The molecule has 2 atom stereocenters. The van der Waals surface area contributed by atoms with Crippen molar-refractivity contribution in [3.05, 3.63) is 65.2 Å². The van der Waals surface area contributed by atoms with E-state index in [-0.39, 0.29) is 18.5 Å². The van der Waals surface area contributed by atoms with Crippen molar-refractivity contribution in [2.45, 2.75) is 37.6 Å². The van der Waals surface area contributed by atoms with Crippen LogP contribution >= 0.6 is 12.4 Å². The molecule has 142 valence electrons. The average molecular weight is 386 g/mol. The Morgan fingerprint density at radius 1 is 1.00 bits per heavy atom. The molecule has 2 aromatic rings. The van der Waals surface area contributed by atoms with E-state index in [0.29, 0.717) is 11.8 Å². The van der Waals surface area contributed by atoms with Crippen molar-refractivity contribution in [3.63, 3.8) is 0 Å². The molecule has 0 aliphatic heterocycles. The fourth-order valence-electron chi connectivity index (χ4n) is 3.36. The minimum absolute atomic E-state index is 0. The van der Waals surface area contributed by atoms with Crippen molar-refractivity contribution in [1.29, 1.82) is 0 Å². The van der Waals surface area contributed by atoms with E-state index in [0.717, 1.165) is 37.0 Å². The lowest BCUT2D eigenvalue weighted by molar-refractivity contribution is -0.137. The standard InChI is InChI=1S/C20H22F3NO.ClH/c1-24(2)16-10-7-14-5-3-4-6-18(14)19(13-16)25-17-11-8-15(9-12-17)20(21,22)23;/h3-6,8-9,11-12,16,19H,7,10,13H2,1-2H3;1H. The number of fused-ring (bicyclic) bond motifs is 1. The Balaban J connectivity index is 0.00000243. The summed E-state index contributed by atoms with van der Waals surface area (Å²) in [6.07, 6.45) is -1.67. The second kappa shape index (κ2) is 8.31. The normalized spacial score (nSPS) is 20.1. The number of ether oxygens (including phenoxy) is 1.